The van der Waals surface area contributed by atoms with Gasteiger partial charge in [-0.3, -0.25) is 0 Å². The fraction of sp³-hybridized carbons (Fsp3) is 0.538. The van der Waals surface area contributed by atoms with Crippen molar-refractivity contribution in [3.05, 3.63) is 22.2 Å². The number of ether oxygens (including phenoxy) is 2. The maximum atomic E-state index is 6.34. The monoisotopic (exact) mass is 257 g/mol. The summed E-state index contributed by atoms with van der Waals surface area (Å²) in [6, 6.07) is 1.96. The smallest absolute Gasteiger partial charge is 0.140 e. The van der Waals surface area contributed by atoms with E-state index in [1.54, 1.807) is 14.2 Å². The van der Waals surface area contributed by atoms with Crippen LogP contribution in [0.25, 0.3) is 0 Å². The lowest BCUT2D eigenvalue weighted by Crippen LogP contribution is -2.02. The summed E-state index contributed by atoms with van der Waals surface area (Å²) >= 11 is 6.34. The Bertz CT molecular complexity index is 380. The zero-order valence-electron chi connectivity index (χ0n) is 10.7. The van der Waals surface area contributed by atoms with Gasteiger partial charge in [0.1, 0.15) is 11.5 Å². The van der Waals surface area contributed by atoms with Crippen LogP contribution in [0.15, 0.2) is 6.07 Å². The maximum Gasteiger partial charge on any atom is 0.140 e. The predicted octanol–water partition coefficient (Wildman–Crippen LogP) is 2.95. The van der Waals surface area contributed by atoms with Crippen LogP contribution in [0.5, 0.6) is 11.5 Å². The molecule has 0 unspecified atom stereocenters. The highest BCUT2D eigenvalue weighted by Crippen LogP contribution is 2.38. The minimum atomic E-state index is 0.654. The maximum absolute atomic E-state index is 6.34. The van der Waals surface area contributed by atoms with Crippen LogP contribution in [-0.4, -0.2) is 20.8 Å². The first-order valence-electron chi connectivity index (χ1n) is 5.75. The lowest BCUT2D eigenvalue weighted by atomic mass is 10.0. The summed E-state index contributed by atoms with van der Waals surface area (Å²) in [4.78, 5) is 0. The van der Waals surface area contributed by atoms with Crippen LogP contribution in [0.1, 0.15) is 24.0 Å². The normalized spacial score (nSPS) is 10.4. The molecule has 0 bridgehead atoms. The van der Waals surface area contributed by atoms with Gasteiger partial charge in [-0.05, 0) is 44.4 Å². The van der Waals surface area contributed by atoms with Gasteiger partial charge in [-0.25, -0.2) is 0 Å². The summed E-state index contributed by atoms with van der Waals surface area (Å²) in [6.07, 6.45) is 2.84. The molecule has 4 heteroatoms. The number of aryl methyl sites for hydroxylation is 1. The van der Waals surface area contributed by atoms with E-state index in [9.17, 15) is 0 Å². The number of benzene rings is 1. The lowest BCUT2D eigenvalue weighted by molar-refractivity contribution is 0.396. The van der Waals surface area contributed by atoms with Crippen molar-refractivity contribution in [2.24, 2.45) is 5.73 Å². The van der Waals surface area contributed by atoms with Crippen molar-refractivity contribution in [1.29, 1.82) is 0 Å². The molecule has 0 fully saturated rings. The van der Waals surface area contributed by atoms with Crippen molar-refractivity contribution in [2.45, 2.75) is 26.2 Å². The minimum absolute atomic E-state index is 0.654. The molecular weight excluding hydrogens is 238 g/mol. The quantitative estimate of drug-likeness (QED) is 0.797. The average Bonchev–Trinajstić information content (AvgIpc) is 2.32. The molecule has 0 atom stereocenters. The van der Waals surface area contributed by atoms with Gasteiger partial charge in [-0.1, -0.05) is 11.6 Å². The number of methoxy groups -OCH3 is 2. The first kappa shape index (κ1) is 14.1. The molecule has 1 aromatic carbocycles. The first-order chi connectivity index (χ1) is 8.15. The van der Waals surface area contributed by atoms with E-state index in [-0.39, 0.29) is 0 Å². The molecule has 0 aliphatic carbocycles. The van der Waals surface area contributed by atoms with Crippen LogP contribution in [0.4, 0.5) is 0 Å². The van der Waals surface area contributed by atoms with Gasteiger partial charge in [0, 0.05) is 5.56 Å². The van der Waals surface area contributed by atoms with E-state index in [4.69, 9.17) is 26.8 Å². The number of hydrogen-bond donors (Lipinski definition) is 1. The zero-order valence-corrected chi connectivity index (χ0v) is 11.4. The second-order valence-electron chi connectivity index (χ2n) is 3.97. The summed E-state index contributed by atoms with van der Waals surface area (Å²) in [5.74, 6) is 1.56. The number of unbranched alkanes of at least 4 members (excludes halogenated alkanes) is 1. The van der Waals surface area contributed by atoms with Crippen molar-refractivity contribution in [1.82, 2.24) is 0 Å². The molecule has 0 saturated heterocycles. The standard InChI is InChI=1S/C13H20ClNO2/c1-9-8-11(16-2)10(6-4-5-7-15)12(14)13(9)17-3/h8H,4-7,15H2,1-3H3. The lowest BCUT2D eigenvalue weighted by Gasteiger charge is -2.15. The van der Waals surface area contributed by atoms with Crippen molar-refractivity contribution in [3.8, 4) is 11.5 Å². The van der Waals surface area contributed by atoms with Crippen molar-refractivity contribution in [2.75, 3.05) is 20.8 Å². The van der Waals surface area contributed by atoms with E-state index < -0.39 is 0 Å². The van der Waals surface area contributed by atoms with Crippen LogP contribution in [-0.2, 0) is 6.42 Å². The van der Waals surface area contributed by atoms with Gasteiger partial charge in [0.25, 0.3) is 0 Å². The van der Waals surface area contributed by atoms with Crippen molar-refractivity contribution >= 4 is 11.6 Å². The number of nitrogens with two attached hydrogens (primary N) is 1. The minimum Gasteiger partial charge on any atom is -0.496 e. The third kappa shape index (κ3) is 3.27. The van der Waals surface area contributed by atoms with E-state index >= 15 is 0 Å². The Morgan fingerprint density at radius 1 is 1.24 bits per heavy atom. The Morgan fingerprint density at radius 2 is 1.94 bits per heavy atom. The van der Waals surface area contributed by atoms with Crippen LogP contribution < -0.4 is 15.2 Å². The Morgan fingerprint density at radius 3 is 2.47 bits per heavy atom. The van der Waals surface area contributed by atoms with Crippen LogP contribution in [0.3, 0.4) is 0 Å². The second-order valence-corrected chi connectivity index (χ2v) is 4.35. The fourth-order valence-electron chi connectivity index (χ4n) is 1.88. The molecule has 0 aliphatic heterocycles. The molecule has 1 aromatic rings. The Kier molecular flexibility index (Phi) is 5.59. The predicted molar refractivity (Wildman–Crippen MR) is 71.3 cm³/mol. The van der Waals surface area contributed by atoms with Crippen LogP contribution >= 0.6 is 11.6 Å². The fourth-order valence-corrected chi connectivity index (χ4v) is 2.29. The number of rotatable bonds is 6. The van der Waals surface area contributed by atoms with Gasteiger partial charge in [0.2, 0.25) is 0 Å². The second kappa shape index (κ2) is 6.72. The molecule has 2 N–H and O–H groups in total. The van der Waals surface area contributed by atoms with Crippen molar-refractivity contribution < 1.29 is 9.47 Å². The largest absolute Gasteiger partial charge is 0.496 e. The molecule has 0 saturated carbocycles. The third-order valence-electron chi connectivity index (χ3n) is 2.77. The molecule has 0 heterocycles. The van der Waals surface area contributed by atoms with Crippen LogP contribution in [0.2, 0.25) is 5.02 Å². The SMILES string of the molecule is COc1cc(C)c(OC)c(Cl)c1CCCCN. The summed E-state index contributed by atoms with van der Waals surface area (Å²) in [5.41, 5.74) is 7.48. The highest BCUT2D eigenvalue weighted by Gasteiger charge is 2.15. The molecule has 1 rings (SSSR count). The average molecular weight is 258 g/mol. The summed E-state index contributed by atoms with van der Waals surface area (Å²) in [6.45, 7) is 2.65. The van der Waals surface area contributed by atoms with E-state index in [0.717, 1.165) is 41.9 Å². The summed E-state index contributed by atoms with van der Waals surface area (Å²) in [5, 5.41) is 0.654. The molecular formula is C13H20ClNO2. The van der Waals surface area contributed by atoms with Gasteiger partial charge in [0.15, 0.2) is 0 Å². The third-order valence-corrected chi connectivity index (χ3v) is 3.17. The van der Waals surface area contributed by atoms with E-state index in [2.05, 4.69) is 0 Å². The van der Waals surface area contributed by atoms with E-state index in [0.29, 0.717) is 11.6 Å². The summed E-state index contributed by atoms with van der Waals surface area (Å²) < 4.78 is 10.7. The van der Waals surface area contributed by atoms with E-state index in [1.165, 1.54) is 0 Å². The Balaban J connectivity index is 3.06. The molecule has 0 amide bonds. The topological polar surface area (TPSA) is 44.5 Å². The molecule has 3 nitrogen and oxygen atoms in total. The molecule has 96 valence electrons. The number of hydrogen-bond acceptors (Lipinski definition) is 3. The number of halogens is 1. The molecule has 0 aliphatic rings. The van der Waals surface area contributed by atoms with Gasteiger partial charge in [-0.2, -0.15) is 0 Å². The molecule has 0 aromatic heterocycles. The molecule has 17 heavy (non-hydrogen) atoms. The van der Waals surface area contributed by atoms with E-state index in [1.807, 2.05) is 13.0 Å². The van der Waals surface area contributed by atoms with Gasteiger partial charge in [-0.15, -0.1) is 0 Å². The van der Waals surface area contributed by atoms with Crippen molar-refractivity contribution in [3.63, 3.8) is 0 Å². The molecule has 0 radical (unpaired) electrons. The Hall–Kier alpha value is -0.930. The Labute approximate surface area is 108 Å². The summed E-state index contributed by atoms with van der Waals surface area (Å²) in [7, 11) is 3.29. The van der Waals surface area contributed by atoms with Crippen LogP contribution in [0, 0.1) is 6.92 Å². The molecule has 0 spiro atoms. The van der Waals surface area contributed by atoms with Gasteiger partial charge < -0.3 is 15.2 Å². The zero-order chi connectivity index (χ0) is 12.8. The highest BCUT2D eigenvalue weighted by atomic mass is 35.5. The first-order valence-corrected chi connectivity index (χ1v) is 6.13. The highest BCUT2D eigenvalue weighted by molar-refractivity contribution is 6.33. The van der Waals surface area contributed by atoms with Gasteiger partial charge in [0.05, 0.1) is 19.2 Å². The van der Waals surface area contributed by atoms with Gasteiger partial charge >= 0.3 is 0 Å².